The van der Waals surface area contributed by atoms with E-state index < -0.39 is 0 Å². The molecule has 0 atom stereocenters. The number of rotatable bonds is 4. The van der Waals surface area contributed by atoms with E-state index >= 15 is 0 Å². The summed E-state index contributed by atoms with van der Waals surface area (Å²) in [7, 11) is 0. The van der Waals surface area contributed by atoms with Gasteiger partial charge in [0.25, 0.3) is 0 Å². The lowest BCUT2D eigenvalue weighted by atomic mass is 9.81. The molecule has 1 aromatic heterocycles. The molecule has 0 fully saturated rings. The van der Waals surface area contributed by atoms with Gasteiger partial charge in [-0.05, 0) is 72.5 Å². The average Bonchev–Trinajstić information content (AvgIpc) is 3.04. The Morgan fingerprint density at radius 1 is 0.405 bits per heavy atom. The van der Waals surface area contributed by atoms with Gasteiger partial charge in [0.1, 0.15) is 0 Å². The van der Waals surface area contributed by atoms with E-state index in [0.29, 0.717) is 0 Å². The second kappa shape index (κ2) is 10.4. The van der Waals surface area contributed by atoms with Crippen molar-refractivity contribution in [2.24, 2.45) is 0 Å². The van der Waals surface area contributed by atoms with E-state index in [9.17, 15) is 0 Å². The largest absolute Gasteiger partial charge is 0.236 e. The molecule has 1 heterocycles. The number of nitrogens with zero attached hydrogens (tertiary/aromatic N) is 2. The molecule has 0 aliphatic heterocycles. The third kappa shape index (κ3) is 4.65. The molecule has 0 bridgehead atoms. The third-order valence-corrected chi connectivity index (χ3v) is 8.12. The lowest BCUT2D eigenvalue weighted by molar-refractivity contribution is 0.591. The van der Waals surface area contributed by atoms with Gasteiger partial charge in [0, 0.05) is 23.5 Å². The van der Waals surface area contributed by atoms with Gasteiger partial charge < -0.3 is 0 Å². The van der Waals surface area contributed by atoms with Crippen molar-refractivity contribution < 1.29 is 0 Å². The minimum Gasteiger partial charge on any atom is -0.236 e. The van der Waals surface area contributed by atoms with Crippen LogP contribution in [0, 0.1) is 0 Å². The Morgan fingerprint density at radius 2 is 0.881 bits per heavy atom. The van der Waals surface area contributed by atoms with E-state index in [-0.39, 0.29) is 5.41 Å². The molecule has 7 rings (SSSR count). The minimum atomic E-state index is 0.0415. The summed E-state index contributed by atoms with van der Waals surface area (Å²) < 4.78 is 0. The molecule has 0 aliphatic carbocycles. The highest BCUT2D eigenvalue weighted by atomic mass is 14.9. The first-order valence-electron chi connectivity index (χ1n) is 14.5. The Labute approximate surface area is 247 Å². The average molecular weight is 541 g/mol. The number of benzene rings is 6. The molecule has 0 unspecified atom stereocenters. The number of hydrogen-bond acceptors (Lipinski definition) is 2. The topological polar surface area (TPSA) is 25.8 Å². The SMILES string of the molecule is CC(C)(C)c1ccc2c(-c3ccccc3)c3cc(-c4cnc(-c5ccccc5)nc4)ccc3c(-c3ccccc3)c2c1. The van der Waals surface area contributed by atoms with Crippen molar-refractivity contribution >= 4 is 21.5 Å². The van der Waals surface area contributed by atoms with Gasteiger partial charge in [-0.3, -0.25) is 0 Å². The van der Waals surface area contributed by atoms with E-state index in [1.807, 2.05) is 42.7 Å². The normalized spacial score (nSPS) is 11.7. The highest BCUT2D eigenvalue weighted by Crippen LogP contribution is 2.45. The molecule has 2 nitrogen and oxygen atoms in total. The van der Waals surface area contributed by atoms with Crippen LogP contribution in [0.1, 0.15) is 26.3 Å². The molecule has 0 spiro atoms. The van der Waals surface area contributed by atoms with Crippen LogP contribution in [-0.4, -0.2) is 9.97 Å². The third-order valence-electron chi connectivity index (χ3n) is 8.12. The van der Waals surface area contributed by atoms with E-state index in [4.69, 9.17) is 9.97 Å². The minimum absolute atomic E-state index is 0.0415. The van der Waals surface area contributed by atoms with E-state index in [1.54, 1.807) is 0 Å². The summed E-state index contributed by atoms with van der Waals surface area (Å²) in [4.78, 5) is 9.45. The van der Waals surface area contributed by atoms with Crippen LogP contribution >= 0.6 is 0 Å². The summed E-state index contributed by atoms with van der Waals surface area (Å²) in [5, 5.41) is 5.00. The fourth-order valence-corrected chi connectivity index (χ4v) is 5.92. The molecule has 7 aromatic rings. The van der Waals surface area contributed by atoms with Gasteiger partial charge in [0.05, 0.1) is 0 Å². The van der Waals surface area contributed by atoms with Crippen LogP contribution in [0.2, 0.25) is 0 Å². The van der Waals surface area contributed by atoms with Gasteiger partial charge in [-0.25, -0.2) is 9.97 Å². The Balaban J connectivity index is 1.53. The molecular formula is C40H32N2. The Hall–Kier alpha value is -5.08. The number of hydrogen-bond donors (Lipinski definition) is 0. The molecule has 202 valence electrons. The van der Waals surface area contributed by atoms with Crippen molar-refractivity contribution in [3.63, 3.8) is 0 Å². The quantitative estimate of drug-likeness (QED) is 0.208. The van der Waals surface area contributed by atoms with Crippen LogP contribution in [0.5, 0.6) is 0 Å². The standard InChI is InChI=1S/C40H32N2/c1-40(2,3)32-20-22-34-36(24-32)38(28-15-9-5-10-16-28)33-21-19-30(23-35(33)37(34)27-13-7-4-8-14-27)31-25-41-39(42-26-31)29-17-11-6-12-18-29/h4-26H,1-3H3. The molecule has 6 aromatic carbocycles. The summed E-state index contributed by atoms with van der Waals surface area (Å²) in [5.74, 6) is 0.733. The van der Waals surface area contributed by atoms with Crippen LogP contribution in [0.25, 0.3) is 66.3 Å². The smallest absolute Gasteiger partial charge is 0.159 e. The van der Waals surface area contributed by atoms with E-state index in [1.165, 1.54) is 49.4 Å². The zero-order chi connectivity index (χ0) is 28.7. The van der Waals surface area contributed by atoms with Crippen molar-refractivity contribution in [2.75, 3.05) is 0 Å². The van der Waals surface area contributed by atoms with Gasteiger partial charge in [0.15, 0.2) is 5.82 Å². The van der Waals surface area contributed by atoms with Crippen LogP contribution < -0.4 is 0 Å². The van der Waals surface area contributed by atoms with Crippen molar-refractivity contribution in [3.8, 4) is 44.8 Å². The van der Waals surface area contributed by atoms with E-state index in [2.05, 4.69) is 118 Å². The molecule has 0 aliphatic rings. The molecule has 42 heavy (non-hydrogen) atoms. The highest BCUT2D eigenvalue weighted by Gasteiger charge is 2.21. The van der Waals surface area contributed by atoms with Crippen LogP contribution in [0.15, 0.2) is 140 Å². The Bertz CT molecular complexity index is 2020. The van der Waals surface area contributed by atoms with Gasteiger partial charge >= 0.3 is 0 Å². The summed E-state index contributed by atoms with van der Waals surface area (Å²) in [6, 6.07) is 45.6. The molecule has 2 heteroatoms. The predicted molar refractivity (Wildman–Crippen MR) is 177 cm³/mol. The van der Waals surface area contributed by atoms with Crippen molar-refractivity contribution in [3.05, 3.63) is 145 Å². The van der Waals surface area contributed by atoms with Crippen molar-refractivity contribution in [2.45, 2.75) is 26.2 Å². The summed E-state index contributed by atoms with van der Waals surface area (Å²) >= 11 is 0. The number of aromatic nitrogens is 2. The molecule has 0 saturated heterocycles. The molecule has 0 N–H and O–H groups in total. The second-order valence-electron chi connectivity index (χ2n) is 11.9. The maximum atomic E-state index is 4.72. The zero-order valence-corrected chi connectivity index (χ0v) is 24.2. The van der Waals surface area contributed by atoms with Crippen molar-refractivity contribution in [1.29, 1.82) is 0 Å². The zero-order valence-electron chi connectivity index (χ0n) is 24.2. The second-order valence-corrected chi connectivity index (χ2v) is 11.9. The summed E-state index contributed by atoms with van der Waals surface area (Å²) in [5.41, 5.74) is 9.45. The predicted octanol–water partition coefficient (Wildman–Crippen LogP) is 10.7. The Kier molecular flexibility index (Phi) is 6.40. The molecular weight excluding hydrogens is 508 g/mol. The fourth-order valence-electron chi connectivity index (χ4n) is 5.92. The monoisotopic (exact) mass is 540 g/mol. The molecule has 0 radical (unpaired) electrons. The van der Waals surface area contributed by atoms with Gasteiger partial charge in [0.2, 0.25) is 0 Å². The van der Waals surface area contributed by atoms with Crippen LogP contribution in [-0.2, 0) is 5.41 Å². The van der Waals surface area contributed by atoms with Crippen LogP contribution in [0.4, 0.5) is 0 Å². The first kappa shape index (κ1) is 25.9. The van der Waals surface area contributed by atoms with E-state index in [0.717, 1.165) is 22.5 Å². The maximum Gasteiger partial charge on any atom is 0.159 e. The van der Waals surface area contributed by atoms with Crippen LogP contribution in [0.3, 0.4) is 0 Å². The fraction of sp³-hybridized carbons (Fsp3) is 0.100. The van der Waals surface area contributed by atoms with Gasteiger partial charge in [-0.15, -0.1) is 0 Å². The Morgan fingerprint density at radius 3 is 1.40 bits per heavy atom. The molecule has 0 amide bonds. The van der Waals surface area contributed by atoms with Gasteiger partial charge in [-0.1, -0.05) is 136 Å². The van der Waals surface area contributed by atoms with Crippen molar-refractivity contribution in [1.82, 2.24) is 9.97 Å². The highest BCUT2D eigenvalue weighted by molar-refractivity contribution is 6.22. The lowest BCUT2D eigenvalue weighted by Gasteiger charge is -2.23. The first-order chi connectivity index (χ1) is 20.5. The summed E-state index contributed by atoms with van der Waals surface area (Å²) in [6.45, 7) is 6.85. The lowest BCUT2D eigenvalue weighted by Crippen LogP contribution is -2.10. The molecule has 0 saturated carbocycles. The number of fused-ring (bicyclic) bond motifs is 2. The van der Waals surface area contributed by atoms with Gasteiger partial charge in [-0.2, -0.15) is 0 Å². The maximum absolute atomic E-state index is 4.72. The first-order valence-corrected chi connectivity index (χ1v) is 14.5. The summed E-state index contributed by atoms with van der Waals surface area (Å²) in [6.07, 6.45) is 3.88.